The average Bonchev–Trinajstić information content (AvgIpc) is 3.30. The molecule has 0 aromatic carbocycles. The van der Waals surface area contributed by atoms with Crippen molar-refractivity contribution in [1.82, 2.24) is 20.2 Å². The van der Waals surface area contributed by atoms with Crippen molar-refractivity contribution in [2.45, 2.75) is 58.2 Å². The second kappa shape index (κ2) is 7.30. The van der Waals surface area contributed by atoms with Crippen LogP contribution in [0.1, 0.15) is 61.3 Å². The van der Waals surface area contributed by atoms with Crippen LogP contribution in [0.3, 0.4) is 0 Å². The summed E-state index contributed by atoms with van der Waals surface area (Å²) in [6, 6.07) is 6.01. The molecule has 2 atom stereocenters. The number of carbonyl (C=O) groups excluding carboxylic acids is 1. The van der Waals surface area contributed by atoms with Gasteiger partial charge in [0.15, 0.2) is 0 Å². The maximum Gasteiger partial charge on any atom is 0.318 e. The van der Waals surface area contributed by atoms with Gasteiger partial charge in [0, 0.05) is 23.3 Å². The summed E-state index contributed by atoms with van der Waals surface area (Å²) in [5, 5.41) is 4.07. The minimum Gasteiger partial charge on any atom is -0.329 e. The number of carbonyl (C=O) groups is 1. The number of nitrogens with zero attached hydrogens (tertiary/aromatic N) is 3. The average molecular weight is 344 g/mol. The van der Waals surface area contributed by atoms with E-state index in [0.29, 0.717) is 6.04 Å². The van der Waals surface area contributed by atoms with E-state index in [1.54, 1.807) is 17.5 Å². The van der Waals surface area contributed by atoms with Crippen molar-refractivity contribution in [2.75, 3.05) is 0 Å². The zero-order valence-electron chi connectivity index (χ0n) is 14.4. The predicted octanol–water partition coefficient (Wildman–Crippen LogP) is 4.10. The molecule has 0 aliphatic heterocycles. The summed E-state index contributed by atoms with van der Waals surface area (Å²) in [5.74, 6) is 0. The Labute approximate surface area is 147 Å². The highest BCUT2D eigenvalue weighted by Crippen LogP contribution is 2.34. The fourth-order valence-corrected chi connectivity index (χ4v) is 3.64. The minimum atomic E-state index is -0.0833. The van der Waals surface area contributed by atoms with Crippen LogP contribution in [-0.4, -0.2) is 26.9 Å². The molecule has 1 N–H and O–H groups in total. The lowest BCUT2D eigenvalue weighted by Crippen LogP contribution is -2.43. The van der Waals surface area contributed by atoms with Gasteiger partial charge in [0.05, 0.1) is 17.8 Å². The Bertz CT molecular complexity index is 683. The van der Waals surface area contributed by atoms with Gasteiger partial charge in [-0.1, -0.05) is 13.0 Å². The smallest absolute Gasteiger partial charge is 0.318 e. The second-order valence-corrected chi connectivity index (χ2v) is 7.41. The molecular formula is C18H24N4OS. The molecule has 0 bridgehead atoms. The van der Waals surface area contributed by atoms with E-state index >= 15 is 0 Å². The first-order valence-electron chi connectivity index (χ1n) is 8.54. The molecule has 1 saturated carbocycles. The summed E-state index contributed by atoms with van der Waals surface area (Å²) in [5.41, 5.74) is 0.926. The number of aromatic nitrogens is 2. The van der Waals surface area contributed by atoms with Gasteiger partial charge in [0.2, 0.25) is 0 Å². The Balaban J connectivity index is 1.70. The lowest BCUT2D eigenvalue weighted by Gasteiger charge is -2.30. The minimum absolute atomic E-state index is 0.0311. The number of urea groups is 1. The predicted molar refractivity (Wildman–Crippen MR) is 96.0 cm³/mol. The normalized spacial score (nSPS) is 16.5. The molecule has 2 aromatic heterocycles. The summed E-state index contributed by atoms with van der Waals surface area (Å²) in [6.45, 7) is 6.15. The van der Waals surface area contributed by atoms with Crippen LogP contribution in [0.15, 0.2) is 30.6 Å². The molecule has 3 rings (SSSR count). The highest BCUT2D eigenvalue weighted by Gasteiger charge is 2.37. The Kier molecular flexibility index (Phi) is 5.14. The van der Waals surface area contributed by atoms with Crippen LogP contribution in [0.2, 0.25) is 0 Å². The van der Waals surface area contributed by atoms with Crippen LogP contribution in [0, 0.1) is 0 Å². The third-order valence-electron chi connectivity index (χ3n) is 4.34. The Morgan fingerprint density at radius 2 is 2.17 bits per heavy atom. The molecule has 5 nitrogen and oxygen atoms in total. The van der Waals surface area contributed by atoms with Crippen molar-refractivity contribution < 1.29 is 4.79 Å². The molecule has 2 amide bonds. The summed E-state index contributed by atoms with van der Waals surface area (Å²) in [4.78, 5) is 24.9. The van der Waals surface area contributed by atoms with Gasteiger partial charge < -0.3 is 10.2 Å². The van der Waals surface area contributed by atoms with Crippen LogP contribution in [-0.2, 0) is 6.42 Å². The molecule has 2 aromatic rings. The standard InChI is InChI=1S/C18H24N4OS/c1-4-15-11-20-17(24-15)12(2)21-18(23)22(14-8-9-14)13(3)16-7-5-6-10-19-16/h5-7,10-14H,4,8-9H2,1-3H3,(H,21,23)/t12-,13+/m0/s1. The first-order valence-corrected chi connectivity index (χ1v) is 9.36. The SMILES string of the molecule is CCc1cnc([C@H](C)NC(=O)N(C2CC2)[C@H](C)c2ccccn2)s1. The van der Waals surface area contributed by atoms with Gasteiger partial charge in [-0.15, -0.1) is 11.3 Å². The first-order chi connectivity index (χ1) is 11.6. The van der Waals surface area contributed by atoms with Gasteiger partial charge in [0.1, 0.15) is 5.01 Å². The van der Waals surface area contributed by atoms with E-state index in [-0.39, 0.29) is 18.1 Å². The number of hydrogen-bond donors (Lipinski definition) is 1. The number of thiazole rings is 1. The molecule has 128 valence electrons. The van der Waals surface area contributed by atoms with E-state index in [1.807, 2.05) is 43.1 Å². The van der Waals surface area contributed by atoms with E-state index in [0.717, 1.165) is 30.0 Å². The fraction of sp³-hybridized carbons (Fsp3) is 0.500. The van der Waals surface area contributed by atoms with Crippen molar-refractivity contribution in [3.05, 3.63) is 46.2 Å². The van der Waals surface area contributed by atoms with E-state index in [1.165, 1.54) is 4.88 Å². The van der Waals surface area contributed by atoms with Crippen LogP contribution in [0.4, 0.5) is 4.79 Å². The van der Waals surface area contributed by atoms with Crippen molar-refractivity contribution in [1.29, 1.82) is 0 Å². The summed E-state index contributed by atoms with van der Waals surface area (Å²) in [6.07, 6.45) is 6.78. The molecule has 2 heterocycles. The monoisotopic (exact) mass is 344 g/mol. The van der Waals surface area contributed by atoms with E-state index in [4.69, 9.17) is 0 Å². The Morgan fingerprint density at radius 3 is 2.75 bits per heavy atom. The number of nitrogens with one attached hydrogen (secondary N) is 1. The maximum atomic E-state index is 12.9. The van der Waals surface area contributed by atoms with Gasteiger partial charge in [0.25, 0.3) is 0 Å². The lowest BCUT2D eigenvalue weighted by molar-refractivity contribution is 0.170. The molecular weight excluding hydrogens is 320 g/mol. The topological polar surface area (TPSA) is 58.1 Å². The van der Waals surface area contributed by atoms with Crippen LogP contribution >= 0.6 is 11.3 Å². The third-order valence-corrected chi connectivity index (χ3v) is 5.66. The number of hydrogen-bond acceptors (Lipinski definition) is 4. The molecule has 1 aliphatic rings. The van der Waals surface area contributed by atoms with Gasteiger partial charge >= 0.3 is 6.03 Å². The van der Waals surface area contributed by atoms with Gasteiger partial charge in [-0.05, 0) is 45.2 Å². The Hall–Kier alpha value is -1.95. The van der Waals surface area contributed by atoms with E-state index in [9.17, 15) is 4.79 Å². The highest BCUT2D eigenvalue weighted by atomic mass is 32.1. The number of pyridine rings is 1. The number of amides is 2. The van der Waals surface area contributed by atoms with Crippen molar-refractivity contribution in [2.24, 2.45) is 0 Å². The maximum absolute atomic E-state index is 12.9. The zero-order valence-corrected chi connectivity index (χ0v) is 15.2. The summed E-state index contributed by atoms with van der Waals surface area (Å²) >= 11 is 1.67. The number of aryl methyl sites for hydroxylation is 1. The quantitative estimate of drug-likeness (QED) is 0.858. The fourth-order valence-electron chi connectivity index (χ4n) is 2.78. The van der Waals surface area contributed by atoms with Gasteiger partial charge in [-0.25, -0.2) is 9.78 Å². The summed E-state index contributed by atoms with van der Waals surface area (Å²) in [7, 11) is 0. The van der Waals surface area contributed by atoms with Crippen LogP contribution in [0.25, 0.3) is 0 Å². The van der Waals surface area contributed by atoms with Crippen LogP contribution < -0.4 is 5.32 Å². The molecule has 0 unspecified atom stereocenters. The molecule has 24 heavy (non-hydrogen) atoms. The second-order valence-electron chi connectivity index (χ2n) is 6.26. The molecule has 0 saturated heterocycles. The van der Waals surface area contributed by atoms with Crippen molar-refractivity contribution in [3.8, 4) is 0 Å². The molecule has 1 fully saturated rings. The highest BCUT2D eigenvalue weighted by molar-refractivity contribution is 7.11. The zero-order chi connectivity index (χ0) is 17.1. The molecule has 0 spiro atoms. The lowest BCUT2D eigenvalue weighted by atomic mass is 10.2. The summed E-state index contributed by atoms with van der Waals surface area (Å²) < 4.78 is 0. The van der Waals surface area contributed by atoms with Crippen molar-refractivity contribution in [3.63, 3.8) is 0 Å². The van der Waals surface area contributed by atoms with Crippen molar-refractivity contribution >= 4 is 17.4 Å². The van der Waals surface area contributed by atoms with Crippen LogP contribution in [0.5, 0.6) is 0 Å². The third kappa shape index (κ3) is 3.75. The molecule has 6 heteroatoms. The first kappa shape index (κ1) is 16.9. The van der Waals surface area contributed by atoms with Gasteiger partial charge in [-0.3, -0.25) is 4.98 Å². The molecule has 0 radical (unpaired) electrons. The van der Waals surface area contributed by atoms with Gasteiger partial charge in [-0.2, -0.15) is 0 Å². The van der Waals surface area contributed by atoms with E-state index < -0.39 is 0 Å². The number of rotatable bonds is 6. The van der Waals surface area contributed by atoms with E-state index in [2.05, 4.69) is 22.2 Å². The Morgan fingerprint density at radius 1 is 1.38 bits per heavy atom. The molecule has 1 aliphatic carbocycles. The largest absolute Gasteiger partial charge is 0.329 e.